The molecular weight excluding hydrogens is 204 g/mol. The van der Waals surface area contributed by atoms with Gasteiger partial charge in [-0.1, -0.05) is 0 Å². The van der Waals surface area contributed by atoms with Gasteiger partial charge in [-0.25, -0.2) is 9.97 Å². The Hall–Kier alpha value is -1.20. The molecule has 2 saturated heterocycles. The van der Waals surface area contributed by atoms with E-state index in [1.165, 1.54) is 0 Å². The van der Waals surface area contributed by atoms with Gasteiger partial charge in [-0.15, -0.1) is 0 Å². The Morgan fingerprint density at radius 3 is 3.00 bits per heavy atom. The van der Waals surface area contributed by atoms with Crippen LogP contribution in [0.4, 0.5) is 5.82 Å². The molecule has 2 N–H and O–H groups in total. The Kier molecular flexibility index (Phi) is 2.71. The Labute approximate surface area is 94.6 Å². The molecule has 5 heteroatoms. The molecule has 0 aliphatic carbocycles. The second kappa shape index (κ2) is 4.35. The van der Waals surface area contributed by atoms with E-state index < -0.39 is 0 Å². The first-order valence-corrected chi connectivity index (χ1v) is 5.79. The molecule has 0 amide bonds. The summed E-state index contributed by atoms with van der Waals surface area (Å²) >= 11 is 0. The molecule has 86 valence electrons. The van der Waals surface area contributed by atoms with Crippen LogP contribution in [0, 0.1) is 0 Å². The van der Waals surface area contributed by atoms with E-state index in [1.54, 1.807) is 6.33 Å². The number of anilines is 1. The quantitative estimate of drug-likeness (QED) is 0.770. The predicted octanol–water partition coefficient (Wildman–Crippen LogP) is 0.364. The summed E-state index contributed by atoms with van der Waals surface area (Å²) in [6.07, 6.45) is 2.71. The Balaban J connectivity index is 1.70. The van der Waals surface area contributed by atoms with Gasteiger partial charge in [0.05, 0.1) is 18.3 Å². The minimum Gasteiger partial charge on any atom is -0.381 e. The zero-order valence-electron chi connectivity index (χ0n) is 9.15. The highest BCUT2D eigenvalue weighted by molar-refractivity contribution is 5.38. The molecule has 1 aromatic rings. The van der Waals surface area contributed by atoms with Crippen LogP contribution in [0.3, 0.4) is 0 Å². The summed E-state index contributed by atoms with van der Waals surface area (Å²) in [5, 5.41) is 6.61. The van der Waals surface area contributed by atoms with Crippen LogP contribution >= 0.6 is 0 Å². The third kappa shape index (κ3) is 2.01. The molecule has 1 aromatic heterocycles. The number of hydrogen-bond acceptors (Lipinski definition) is 5. The third-order valence-corrected chi connectivity index (χ3v) is 3.17. The molecule has 1 unspecified atom stereocenters. The van der Waals surface area contributed by atoms with Gasteiger partial charge in [0.15, 0.2) is 0 Å². The van der Waals surface area contributed by atoms with Crippen molar-refractivity contribution in [2.24, 2.45) is 0 Å². The lowest BCUT2D eigenvalue weighted by molar-refractivity contribution is 0.193. The van der Waals surface area contributed by atoms with Crippen LogP contribution in [-0.2, 0) is 4.74 Å². The van der Waals surface area contributed by atoms with Gasteiger partial charge in [0.2, 0.25) is 0 Å². The van der Waals surface area contributed by atoms with Gasteiger partial charge in [-0.3, -0.25) is 0 Å². The van der Waals surface area contributed by atoms with Gasteiger partial charge >= 0.3 is 0 Å². The summed E-state index contributed by atoms with van der Waals surface area (Å²) in [5.41, 5.74) is 1.10. The molecule has 0 spiro atoms. The third-order valence-electron chi connectivity index (χ3n) is 3.17. The molecule has 2 aliphatic heterocycles. The van der Waals surface area contributed by atoms with E-state index in [1.807, 2.05) is 0 Å². The van der Waals surface area contributed by atoms with E-state index in [9.17, 15) is 0 Å². The monoisotopic (exact) mass is 220 g/mol. The van der Waals surface area contributed by atoms with E-state index in [-0.39, 0.29) is 0 Å². The highest BCUT2D eigenvalue weighted by atomic mass is 16.5. The molecule has 1 atom stereocenters. The summed E-state index contributed by atoms with van der Waals surface area (Å²) in [6, 6.07) is 2.57. The van der Waals surface area contributed by atoms with Crippen LogP contribution in [0.5, 0.6) is 0 Å². The average molecular weight is 220 g/mol. The van der Waals surface area contributed by atoms with Crippen molar-refractivity contribution in [3.63, 3.8) is 0 Å². The summed E-state index contributed by atoms with van der Waals surface area (Å²) in [7, 11) is 0. The van der Waals surface area contributed by atoms with Crippen LogP contribution in [0.25, 0.3) is 0 Å². The highest BCUT2D eigenvalue weighted by Gasteiger charge is 2.21. The normalized spacial score (nSPS) is 25.4. The lowest BCUT2D eigenvalue weighted by Gasteiger charge is -2.28. The Bertz CT molecular complexity index is 361. The van der Waals surface area contributed by atoms with Crippen molar-refractivity contribution in [3.05, 3.63) is 18.1 Å². The molecule has 0 radical (unpaired) electrons. The van der Waals surface area contributed by atoms with E-state index in [4.69, 9.17) is 4.74 Å². The van der Waals surface area contributed by atoms with Gasteiger partial charge in [0.25, 0.3) is 0 Å². The summed E-state index contributed by atoms with van der Waals surface area (Å²) in [4.78, 5) is 8.57. The van der Waals surface area contributed by atoms with Crippen molar-refractivity contribution in [3.8, 4) is 0 Å². The SMILES string of the molecule is c1nc(NC2CNC2)cc(C2CCOC2)n1. The fraction of sp³-hybridized carbons (Fsp3) is 0.636. The molecule has 0 bridgehead atoms. The number of nitrogens with one attached hydrogen (secondary N) is 2. The second-order valence-corrected chi connectivity index (χ2v) is 4.39. The minimum atomic E-state index is 0.447. The predicted molar refractivity (Wildman–Crippen MR) is 60.5 cm³/mol. The Morgan fingerprint density at radius 2 is 2.31 bits per heavy atom. The molecule has 0 aromatic carbocycles. The molecule has 5 nitrogen and oxygen atoms in total. The van der Waals surface area contributed by atoms with Crippen molar-refractivity contribution < 1.29 is 4.74 Å². The maximum absolute atomic E-state index is 5.37. The van der Waals surface area contributed by atoms with E-state index >= 15 is 0 Å². The summed E-state index contributed by atoms with van der Waals surface area (Å²) in [6.45, 7) is 3.68. The topological polar surface area (TPSA) is 59.1 Å². The van der Waals surface area contributed by atoms with Crippen LogP contribution < -0.4 is 10.6 Å². The molecule has 3 heterocycles. The van der Waals surface area contributed by atoms with Crippen LogP contribution in [0.15, 0.2) is 12.4 Å². The lowest BCUT2D eigenvalue weighted by Crippen LogP contribution is -2.51. The lowest BCUT2D eigenvalue weighted by atomic mass is 10.0. The molecular formula is C11H16N4O. The second-order valence-electron chi connectivity index (χ2n) is 4.39. The molecule has 16 heavy (non-hydrogen) atoms. The van der Waals surface area contributed by atoms with Gasteiger partial charge in [-0.2, -0.15) is 0 Å². The largest absolute Gasteiger partial charge is 0.381 e. The van der Waals surface area contributed by atoms with E-state index in [0.29, 0.717) is 12.0 Å². The maximum Gasteiger partial charge on any atom is 0.129 e. The van der Waals surface area contributed by atoms with Crippen LogP contribution in [-0.4, -0.2) is 42.3 Å². The number of hydrogen-bond donors (Lipinski definition) is 2. The van der Waals surface area contributed by atoms with Crippen molar-refractivity contribution in [1.29, 1.82) is 0 Å². The zero-order chi connectivity index (χ0) is 10.8. The van der Waals surface area contributed by atoms with Gasteiger partial charge < -0.3 is 15.4 Å². The fourth-order valence-electron chi connectivity index (χ4n) is 2.04. The minimum absolute atomic E-state index is 0.447. The molecule has 3 rings (SSSR count). The standard InChI is InChI=1S/C11H16N4O/c1-2-16-6-8(1)10-3-11(14-7-13-10)15-9-4-12-5-9/h3,7-9,12H,1-2,4-6H2,(H,13,14,15). The Morgan fingerprint density at radius 1 is 1.38 bits per heavy atom. The van der Waals surface area contributed by atoms with Gasteiger partial charge in [-0.05, 0) is 6.42 Å². The maximum atomic E-state index is 5.37. The first kappa shape index (κ1) is 9.99. The molecule has 0 saturated carbocycles. The van der Waals surface area contributed by atoms with E-state index in [0.717, 1.165) is 44.2 Å². The van der Waals surface area contributed by atoms with Crippen LogP contribution in [0.1, 0.15) is 18.0 Å². The average Bonchev–Trinajstić information content (AvgIpc) is 2.77. The fourth-order valence-corrected chi connectivity index (χ4v) is 2.04. The number of aromatic nitrogens is 2. The summed E-state index contributed by atoms with van der Waals surface area (Å²) in [5.74, 6) is 1.38. The van der Waals surface area contributed by atoms with Crippen molar-refractivity contribution in [2.75, 3.05) is 31.6 Å². The highest BCUT2D eigenvalue weighted by Crippen LogP contribution is 2.24. The zero-order valence-corrected chi connectivity index (χ0v) is 9.15. The van der Waals surface area contributed by atoms with Gasteiger partial charge in [0.1, 0.15) is 12.1 Å². The smallest absolute Gasteiger partial charge is 0.129 e. The number of ether oxygens (including phenoxy) is 1. The van der Waals surface area contributed by atoms with Crippen molar-refractivity contribution >= 4 is 5.82 Å². The first-order valence-electron chi connectivity index (χ1n) is 5.79. The molecule has 2 aliphatic rings. The van der Waals surface area contributed by atoms with Crippen LogP contribution in [0.2, 0.25) is 0 Å². The molecule has 2 fully saturated rings. The number of rotatable bonds is 3. The number of nitrogens with zero attached hydrogens (tertiary/aromatic N) is 2. The van der Waals surface area contributed by atoms with E-state index in [2.05, 4.69) is 26.7 Å². The van der Waals surface area contributed by atoms with Gasteiger partial charge in [0, 0.05) is 31.7 Å². The van der Waals surface area contributed by atoms with Crippen molar-refractivity contribution in [1.82, 2.24) is 15.3 Å². The summed E-state index contributed by atoms with van der Waals surface area (Å²) < 4.78 is 5.37. The van der Waals surface area contributed by atoms with Crippen molar-refractivity contribution in [2.45, 2.75) is 18.4 Å². The first-order chi connectivity index (χ1) is 7.92.